The van der Waals surface area contributed by atoms with Crippen LogP contribution in [0.15, 0.2) is 60.8 Å². The number of β-amino-alcohol motifs (C(OH)–C–C–N with tert-alkyl or cyclic N) is 1. The minimum absolute atomic E-state index is 0.174. The van der Waals surface area contributed by atoms with Crippen LogP contribution in [0, 0.1) is 11.3 Å². The Morgan fingerprint density at radius 2 is 1.87 bits per heavy atom. The standard InChI is InChI=1S/C29H30ClF3N4O2/c1-3-14-39-24-9-10-25(21(15-24)16-34)37-13-12-36(18-26(37)20-4-7-23(30)8-5-20)19-28(2,38)22-6-11-27(35-17-22)29(31,32)33/h4-11,15,17,26,38H,3,12-14,18-19H2,1-2H3/t26-,28+/m0/s1. The number of piperazine rings is 1. The smallest absolute Gasteiger partial charge is 0.433 e. The van der Waals surface area contributed by atoms with Crippen LogP contribution in [0.1, 0.15) is 48.7 Å². The summed E-state index contributed by atoms with van der Waals surface area (Å²) < 4.78 is 44.6. The first-order valence-corrected chi connectivity index (χ1v) is 13.1. The molecule has 0 amide bonds. The SMILES string of the molecule is CCCOc1ccc(N2CCN(C[C@@](C)(O)c3ccc(C(F)(F)F)nc3)C[C@H]2c2ccc(Cl)cc2)c(C#N)c1. The molecule has 1 aliphatic rings. The van der Waals surface area contributed by atoms with E-state index in [2.05, 4.69) is 20.9 Å². The monoisotopic (exact) mass is 558 g/mol. The zero-order valence-corrected chi connectivity index (χ0v) is 22.5. The number of hydrogen-bond acceptors (Lipinski definition) is 6. The minimum Gasteiger partial charge on any atom is -0.494 e. The highest BCUT2D eigenvalue weighted by molar-refractivity contribution is 6.30. The number of hydrogen-bond donors (Lipinski definition) is 1. The molecule has 2 atom stereocenters. The van der Waals surface area contributed by atoms with Gasteiger partial charge in [0.25, 0.3) is 0 Å². The van der Waals surface area contributed by atoms with E-state index in [4.69, 9.17) is 16.3 Å². The fourth-order valence-corrected chi connectivity index (χ4v) is 4.94. The normalized spacial score (nSPS) is 17.9. The van der Waals surface area contributed by atoms with Gasteiger partial charge in [-0.25, -0.2) is 0 Å². The van der Waals surface area contributed by atoms with Crippen molar-refractivity contribution in [3.63, 3.8) is 0 Å². The molecule has 4 rings (SSSR count). The summed E-state index contributed by atoms with van der Waals surface area (Å²) in [6, 6.07) is 17.3. The number of alkyl halides is 3. The zero-order chi connectivity index (χ0) is 28.2. The summed E-state index contributed by atoms with van der Waals surface area (Å²) in [6.07, 6.45) is -2.61. The van der Waals surface area contributed by atoms with Crippen molar-refractivity contribution < 1.29 is 23.0 Å². The Morgan fingerprint density at radius 1 is 1.13 bits per heavy atom. The van der Waals surface area contributed by atoms with Crippen LogP contribution in [0.25, 0.3) is 0 Å². The molecule has 2 heterocycles. The predicted molar refractivity (Wildman–Crippen MR) is 144 cm³/mol. The van der Waals surface area contributed by atoms with Crippen LogP contribution in [0.3, 0.4) is 0 Å². The molecule has 6 nitrogen and oxygen atoms in total. The molecule has 10 heteroatoms. The topological polar surface area (TPSA) is 72.6 Å². The van der Waals surface area contributed by atoms with Crippen molar-refractivity contribution >= 4 is 17.3 Å². The number of ether oxygens (including phenoxy) is 1. The van der Waals surface area contributed by atoms with Crippen LogP contribution in [0.4, 0.5) is 18.9 Å². The maximum Gasteiger partial charge on any atom is 0.433 e. The highest BCUT2D eigenvalue weighted by atomic mass is 35.5. The molecule has 0 radical (unpaired) electrons. The second-order valence-electron chi connectivity index (χ2n) is 9.84. The number of nitriles is 1. The van der Waals surface area contributed by atoms with Crippen molar-refractivity contribution in [2.24, 2.45) is 0 Å². The molecule has 206 valence electrons. The number of nitrogens with zero attached hydrogens (tertiary/aromatic N) is 4. The van der Waals surface area contributed by atoms with Crippen LogP contribution < -0.4 is 9.64 Å². The van der Waals surface area contributed by atoms with Gasteiger partial charge >= 0.3 is 6.18 Å². The summed E-state index contributed by atoms with van der Waals surface area (Å²) in [4.78, 5) is 7.74. The lowest BCUT2D eigenvalue weighted by Gasteiger charge is -2.45. The van der Waals surface area contributed by atoms with Gasteiger partial charge in [-0.05, 0) is 55.3 Å². The third kappa shape index (κ3) is 6.82. The van der Waals surface area contributed by atoms with E-state index in [-0.39, 0.29) is 12.6 Å². The molecule has 3 aromatic rings. The van der Waals surface area contributed by atoms with E-state index in [1.807, 2.05) is 43.3 Å². The van der Waals surface area contributed by atoms with Gasteiger partial charge in [0.2, 0.25) is 0 Å². The van der Waals surface area contributed by atoms with E-state index in [0.717, 1.165) is 29.9 Å². The summed E-state index contributed by atoms with van der Waals surface area (Å²) in [5.41, 5.74) is 0.127. The lowest BCUT2D eigenvalue weighted by Crippen LogP contribution is -2.52. The van der Waals surface area contributed by atoms with Gasteiger partial charge < -0.3 is 14.7 Å². The molecule has 1 aliphatic heterocycles. The summed E-state index contributed by atoms with van der Waals surface area (Å²) in [5.74, 6) is 0.639. The van der Waals surface area contributed by atoms with Gasteiger partial charge in [-0.2, -0.15) is 18.4 Å². The second kappa shape index (κ2) is 11.8. The van der Waals surface area contributed by atoms with Gasteiger partial charge in [0, 0.05) is 43.0 Å². The van der Waals surface area contributed by atoms with Gasteiger partial charge in [0.05, 0.1) is 23.9 Å². The summed E-state index contributed by atoms with van der Waals surface area (Å²) in [5, 5.41) is 21.8. The first-order chi connectivity index (χ1) is 18.5. The zero-order valence-electron chi connectivity index (χ0n) is 21.7. The molecule has 0 unspecified atom stereocenters. The maximum atomic E-state index is 13.0. The van der Waals surface area contributed by atoms with Gasteiger partial charge in [-0.3, -0.25) is 9.88 Å². The van der Waals surface area contributed by atoms with E-state index in [1.54, 1.807) is 13.0 Å². The van der Waals surface area contributed by atoms with Crippen molar-refractivity contribution in [2.75, 3.05) is 37.7 Å². The number of rotatable bonds is 8. The molecule has 1 fully saturated rings. The quantitative estimate of drug-likeness (QED) is 0.356. The highest BCUT2D eigenvalue weighted by Crippen LogP contribution is 2.36. The molecule has 0 aliphatic carbocycles. The fraction of sp³-hybridized carbons (Fsp3) is 0.379. The fourth-order valence-electron chi connectivity index (χ4n) is 4.81. The Kier molecular flexibility index (Phi) is 8.70. The Hall–Kier alpha value is -3.32. The van der Waals surface area contributed by atoms with Gasteiger partial charge in [0.15, 0.2) is 0 Å². The molecule has 0 saturated carbocycles. The van der Waals surface area contributed by atoms with Crippen molar-refractivity contribution in [1.82, 2.24) is 9.88 Å². The second-order valence-corrected chi connectivity index (χ2v) is 10.3. The summed E-state index contributed by atoms with van der Waals surface area (Å²) in [7, 11) is 0. The molecular formula is C29H30ClF3N4O2. The Balaban J connectivity index is 1.60. The highest BCUT2D eigenvalue weighted by Gasteiger charge is 2.36. The van der Waals surface area contributed by atoms with Crippen LogP contribution in [-0.4, -0.2) is 47.8 Å². The van der Waals surface area contributed by atoms with E-state index >= 15 is 0 Å². The van der Waals surface area contributed by atoms with Gasteiger partial charge in [0.1, 0.15) is 23.1 Å². The number of aliphatic hydroxyl groups is 1. The molecule has 1 saturated heterocycles. The van der Waals surface area contributed by atoms with E-state index in [0.29, 0.717) is 48.1 Å². The van der Waals surface area contributed by atoms with E-state index in [1.165, 1.54) is 6.07 Å². The van der Waals surface area contributed by atoms with E-state index in [9.17, 15) is 23.5 Å². The van der Waals surface area contributed by atoms with Crippen LogP contribution in [-0.2, 0) is 11.8 Å². The summed E-state index contributed by atoms with van der Waals surface area (Å²) >= 11 is 6.14. The number of aromatic nitrogens is 1. The van der Waals surface area contributed by atoms with Crippen molar-refractivity contribution in [1.29, 1.82) is 5.26 Å². The van der Waals surface area contributed by atoms with E-state index < -0.39 is 17.5 Å². The molecule has 0 spiro atoms. The molecule has 0 bridgehead atoms. The average molecular weight is 559 g/mol. The Labute approximate surface area is 231 Å². The van der Waals surface area contributed by atoms with Crippen molar-refractivity contribution in [3.05, 3.63) is 88.2 Å². The minimum atomic E-state index is -4.55. The molecule has 1 aromatic heterocycles. The molecular weight excluding hydrogens is 529 g/mol. The predicted octanol–water partition coefficient (Wildman–Crippen LogP) is 6.19. The van der Waals surface area contributed by atoms with Crippen LogP contribution in [0.2, 0.25) is 5.02 Å². The average Bonchev–Trinajstić information content (AvgIpc) is 2.91. The first kappa shape index (κ1) is 28.7. The number of benzene rings is 2. The van der Waals surface area contributed by atoms with Crippen LogP contribution in [0.5, 0.6) is 5.75 Å². The van der Waals surface area contributed by atoms with Crippen molar-refractivity contribution in [3.8, 4) is 11.8 Å². The lowest BCUT2D eigenvalue weighted by molar-refractivity contribution is -0.141. The molecule has 2 aromatic carbocycles. The van der Waals surface area contributed by atoms with Crippen molar-refractivity contribution in [2.45, 2.75) is 38.1 Å². The summed E-state index contributed by atoms with van der Waals surface area (Å²) in [6.45, 7) is 5.96. The molecule has 1 N–H and O–H groups in total. The molecule has 39 heavy (non-hydrogen) atoms. The van der Waals surface area contributed by atoms with Gasteiger partial charge in [-0.1, -0.05) is 36.7 Å². The largest absolute Gasteiger partial charge is 0.494 e. The van der Waals surface area contributed by atoms with Gasteiger partial charge in [-0.15, -0.1) is 0 Å². The maximum absolute atomic E-state index is 13.0. The third-order valence-corrected chi connectivity index (χ3v) is 7.05. The first-order valence-electron chi connectivity index (χ1n) is 12.7. The number of halogens is 4. The number of pyridine rings is 1. The van der Waals surface area contributed by atoms with Crippen LogP contribution >= 0.6 is 11.6 Å². The third-order valence-electron chi connectivity index (χ3n) is 6.80. The lowest BCUT2D eigenvalue weighted by atomic mass is 9.94. The number of anilines is 1. The Morgan fingerprint density at radius 3 is 2.49 bits per heavy atom. The Bertz CT molecular complexity index is 1310.